The molecule has 10 heteroatoms. The highest BCUT2D eigenvalue weighted by Crippen LogP contribution is 2.38. The first kappa shape index (κ1) is 72.5. The Labute approximate surface area is 460 Å². The summed E-state index contributed by atoms with van der Waals surface area (Å²) >= 11 is 0. The van der Waals surface area contributed by atoms with Gasteiger partial charge in [0.1, 0.15) is 19.3 Å². The molecule has 0 bridgehead atoms. The van der Waals surface area contributed by atoms with E-state index in [0.717, 1.165) is 70.6 Å². The molecule has 0 fully saturated rings. The molecule has 74 heavy (non-hydrogen) atoms. The van der Waals surface area contributed by atoms with E-state index in [-0.39, 0.29) is 31.5 Å². The average Bonchev–Trinajstić information content (AvgIpc) is 3.36. The van der Waals surface area contributed by atoms with Crippen LogP contribution in [-0.4, -0.2) is 69.4 Å². The van der Waals surface area contributed by atoms with Gasteiger partial charge in [0.05, 0.1) is 33.8 Å². The molecule has 9 nitrogen and oxygen atoms in total. The van der Waals surface area contributed by atoms with Gasteiger partial charge in [0.2, 0.25) is 5.91 Å². The van der Waals surface area contributed by atoms with Gasteiger partial charge in [-0.15, -0.1) is 0 Å². The predicted octanol–water partition coefficient (Wildman–Crippen LogP) is 19.1. The number of quaternary nitrogens is 1. The van der Waals surface area contributed by atoms with Crippen molar-refractivity contribution in [1.82, 2.24) is 5.32 Å². The average molecular weight is 1070 g/mol. The number of ether oxygens (including phenoxy) is 1. The van der Waals surface area contributed by atoms with Crippen molar-refractivity contribution in [2.45, 2.75) is 335 Å². The zero-order valence-electron chi connectivity index (χ0n) is 50.1. The summed E-state index contributed by atoms with van der Waals surface area (Å²) in [6.07, 6.45) is 64.4. The Hall–Kier alpha value is -1.51. The van der Waals surface area contributed by atoms with Crippen molar-refractivity contribution in [2.75, 3.05) is 40.9 Å². The van der Waals surface area contributed by atoms with Crippen molar-refractivity contribution in [3.05, 3.63) is 24.3 Å². The first-order valence-electron chi connectivity index (χ1n) is 32.1. The summed E-state index contributed by atoms with van der Waals surface area (Å²) in [5.41, 5.74) is 0. The van der Waals surface area contributed by atoms with Gasteiger partial charge >= 0.3 is 5.97 Å². The Kier molecular flexibility index (Phi) is 53.7. The third-order valence-electron chi connectivity index (χ3n) is 14.6. The Balaban J connectivity index is 5.08. The van der Waals surface area contributed by atoms with E-state index in [2.05, 4.69) is 38.2 Å². The lowest BCUT2D eigenvalue weighted by molar-refractivity contribution is -0.870. The molecule has 0 spiro atoms. The highest BCUT2D eigenvalue weighted by molar-refractivity contribution is 7.45. The molecule has 0 aromatic rings. The van der Waals surface area contributed by atoms with Crippen LogP contribution in [-0.2, 0) is 27.9 Å². The predicted molar refractivity (Wildman–Crippen MR) is 317 cm³/mol. The number of phosphoric acid groups is 1. The molecule has 3 unspecified atom stereocenters. The number of likely N-dealkylation sites (N-methyl/N-ethyl adjacent to an activating group) is 1. The topological polar surface area (TPSA) is 114 Å². The Bertz CT molecular complexity index is 1320. The van der Waals surface area contributed by atoms with E-state index in [1.165, 1.54) is 218 Å². The zero-order valence-corrected chi connectivity index (χ0v) is 51.0. The maximum Gasteiger partial charge on any atom is 0.306 e. The van der Waals surface area contributed by atoms with Crippen molar-refractivity contribution in [2.24, 2.45) is 0 Å². The molecule has 3 atom stereocenters. The van der Waals surface area contributed by atoms with Crippen LogP contribution in [0.25, 0.3) is 0 Å². The van der Waals surface area contributed by atoms with Crippen LogP contribution >= 0.6 is 7.82 Å². The number of hydrogen-bond acceptors (Lipinski definition) is 7. The summed E-state index contributed by atoms with van der Waals surface area (Å²) in [6.45, 7) is 6.86. The standard InChI is InChI=1S/C64H125N2O7P/c1-7-10-13-16-19-22-25-27-29-30-31-32-33-34-35-36-37-39-42-45-48-51-54-57-64(68)73-62(55-52-49-46-43-40-24-21-18-15-12-9-3)61(60-72-74(69,70)71-59-58-66(4,5)6)65-63(67)56-53-50-47-44-41-38-28-26-23-20-17-14-11-8-2/h38,41,52,55,61-62H,7-37,39-40,42-51,53-54,56-60H2,1-6H3,(H-,65,67,69,70)/b41-38-,55-52-. The number of phosphoric ester groups is 1. The van der Waals surface area contributed by atoms with E-state index < -0.39 is 20.0 Å². The van der Waals surface area contributed by atoms with Crippen LogP contribution in [0.5, 0.6) is 0 Å². The maximum atomic E-state index is 13.5. The van der Waals surface area contributed by atoms with Gasteiger partial charge in [0.15, 0.2) is 0 Å². The number of amides is 1. The number of unbranched alkanes of at least 4 members (excludes halogenated alkanes) is 41. The van der Waals surface area contributed by atoms with Crippen LogP contribution in [0.4, 0.5) is 0 Å². The number of esters is 1. The van der Waals surface area contributed by atoms with E-state index in [1.54, 1.807) is 0 Å². The fourth-order valence-electron chi connectivity index (χ4n) is 9.64. The Morgan fingerprint density at radius 2 is 0.784 bits per heavy atom. The fraction of sp³-hybridized carbons (Fsp3) is 0.906. The van der Waals surface area contributed by atoms with Gasteiger partial charge in [0.25, 0.3) is 7.82 Å². The lowest BCUT2D eigenvalue weighted by atomic mass is 10.0. The number of carbonyl (C=O) groups excluding carboxylic acids is 2. The highest BCUT2D eigenvalue weighted by atomic mass is 31.2. The van der Waals surface area contributed by atoms with Gasteiger partial charge in [-0.05, 0) is 57.4 Å². The monoisotopic (exact) mass is 1060 g/mol. The van der Waals surface area contributed by atoms with Crippen molar-refractivity contribution in [1.29, 1.82) is 0 Å². The molecule has 0 aliphatic heterocycles. The number of allylic oxidation sites excluding steroid dienone is 3. The first-order chi connectivity index (χ1) is 35.9. The molecule has 1 N–H and O–H groups in total. The minimum Gasteiger partial charge on any atom is -0.756 e. The summed E-state index contributed by atoms with van der Waals surface area (Å²) < 4.78 is 30.3. The minimum absolute atomic E-state index is 0.0216. The maximum absolute atomic E-state index is 13.5. The third-order valence-corrected chi connectivity index (χ3v) is 15.6. The minimum atomic E-state index is -4.69. The Morgan fingerprint density at radius 3 is 1.16 bits per heavy atom. The molecule has 0 rings (SSSR count). The summed E-state index contributed by atoms with van der Waals surface area (Å²) in [5.74, 6) is -0.544. The number of rotatable bonds is 59. The van der Waals surface area contributed by atoms with Crippen LogP contribution in [0.15, 0.2) is 24.3 Å². The van der Waals surface area contributed by atoms with Crippen molar-refractivity contribution >= 4 is 19.7 Å². The summed E-state index contributed by atoms with van der Waals surface area (Å²) in [4.78, 5) is 39.9. The number of hydrogen-bond donors (Lipinski definition) is 1. The highest BCUT2D eigenvalue weighted by Gasteiger charge is 2.27. The van der Waals surface area contributed by atoms with Gasteiger partial charge < -0.3 is 28.5 Å². The van der Waals surface area contributed by atoms with Crippen molar-refractivity contribution in [3.8, 4) is 0 Å². The first-order valence-corrected chi connectivity index (χ1v) is 33.6. The van der Waals surface area contributed by atoms with Gasteiger partial charge in [-0.3, -0.25) is 14.2 Å². The van der Waals surface area contributed by atoms with Gasteiger partial charge in [-0.25, -0.2) is 0 Å². The molecule has 0 saturated carbocycles. The van der Waals surface area contributed by atoms with Gasteiger partial charge in [0, 0.05) is 12.8 Å². The van der Waals surface area contributed by atoms with Crippen LogP contribution in [0, 0.1) is 0 Å². The smallest absolute Gasteiger partial charge is 0.306 e. The Morgan fingerprint density at radius 1 is 0.459 bits per heavy atom. The number of nitrogens with one attached hydrogen (secondary N) is 1. The van der Waals surface area contributed by atoms with Crippen molar-refractivity contribution < 1.29 is 37.3 Å². The largest absolute Gasteiger partial charge is 0.756 e. The second kappa shape index (κ2) is 54.8. The molecule has 1 amide bonds. The van der Waals surface area contributed by atoms with E-state index in [0.29, 0.717) is 17.4 Å². The van der Waals surface area contributed by atoms with E-state index in [9.17, 15) is 19.0 Å². The van der Waals surface area contributed by atoms with E-state index >= 15 is 0 Å². The van der Waals surface area contributed by atoms with E-state index in [1.807, 2.05) is 33.3 Å². The van der Waals surface area contributed by atoms with Crippen molar-refractivity contribution in [3.63, 3.8) is 0 Å². The molecule has 0 aromatic heterocycles. The molecule has 0 saturated heterocycles. The van der Waals surface area contributed by atoms with Crippen LogP contribution in [0.3, 0.4) is 0 Å². The molecular formula is C64H125N2O7P. The quantitative estimate of drug-likeness (QED) is 0.0212. The second-order valence-electron chi connectivity index (χ2n) is 23.3. The van der Waals surface area contributed by atoms with Crippen LogP contribution in [0.1, 0.15) is 323 Å². The lowest BCUT2D eigenvalue weighted by Crippen LogP contribution is -2.47. The third kappa shape index (κ3) is 55.3. The summed E-state index contributed by atoms with van der Waals surface area (Å²) in [6, 6.07) is -0.890. The molecular weight excluding hydrogens is 940 g/mol. The van der Waals surface area contributed by atoms with Crippen LogP contribution < -0.4 is 10.2 Å². The molecule has 438 valence electrons. The molecule has 0 aliphatic carbocycles. The SMILES string of the molecule is CCCCCCCCC/C=C\CCCCCC(=O)NC(COP(=O)([O-])OCC[N+](C)(C)C)C(/C=C\CCCCCCCCCCC)OC(=O)CCCCCCCCCCCCCCCCCCCCCCCCC. The van der Waals surface area contributed by atoms with Gasteiger partial charge in [-0.2, -0.15) is 0 Å². The van der Waals surface area contributed by atoms with E-state index in [4.69, 9.17) is 13.8 Å². The summed E-state index contributed by atoms with van der Waals surface area (Å²) in [5, 5.41) is 3.02. The van der Waals surface area contributed by atoms with Gasteiger partial charge in [-0.1, -0.05) is 277 Å². The fourth-order valence-corrected chi connectivity index (χ4v) is 10.4. The molecule has 0 heterocycles. The van der Waals surface area contributed by atoms with Crippen LogP contribution in [0.2, 0.25) is 0 Å². The summed E-state index contributed by atoms with van der Waals surface area (Å²) in [7, 11) is 1.19. The molecule has 0 aromatic carbocycles. The molecule has 0 radical (unpaired) electrons. The zero-order chi connectivity index (χ0) is 54.3. The normalized spacial score (nSPS) is 13.8. The number of nitrogens with zero attached hydrogens (tertiary/aromatic N) is 1. The number of carbonyl (C=O) groups is 2. The lowest BCUT2D eigenvalue weighted by Gasteiger charge is -2.30. The second-order valence-corrected chi connectivity index (χ2v) is 24.7. The molecule has 0 aliphatic rings.